The number of carbonyl (C=O) groups is 2. The molecule has 2 heterocycles. The molecule has 3 amide bonds. The van der Waals surface area contributed by atoms with Gasteiger partial charge in [-0.1, -0.05) is 0 Å². The summed E-state index contributed by atoms with van der Waals surface area (Å²) in [7, 11) is 2.04. The van der Waals surface area contributed by atoms with Gasteiger partial charge in [0, 0.05) is 29.4 Å². The van der Waals surface area contributed by atoms with Crippen LogP contribution in [0.1, 0.15) is 23.2 Å². The zero-order chi connectivity index (χ0) is 21.4. The van der Waals surface area contributed by atoms with Gasteiger partial charge in [-0.3, -0.25) is 9.10 Å². The van der Waals surface area contributed by atoms with Crippen LogP contribution >= 0.6 is 11.9 Å². The molecule has 1 fully saturated rings. The summed E-state index contributed by atoms with van der Waals surface area (Å²) in [5, 5.41) is 5.20. The average molecular weight is 436 g/mol. The van der Waals surface area contributed by atoms with Crippen LogP contribution in [0, 0.1) is 17.5 Å². The van der Waals surface area contributed by atoms with Crippen LogP contribution < -0.4 is 10.6 Å². The maximum atomic E-state index is 13.4. The number of nitrogens with zero attached hydrogens (tertiary/aromatic N) is 2. The van der Waals surface area contributed by atoms with Gasteiger partial charge in [-0.15, -0.1) is 0 Å². The molecule has 2 aliphatic rings. The molecule has 2 aromatic carbocycles. The van der Waals surface area contributed by atoms with Gasteiger partial charge in [0.2, 0.25) is 0 Å². The predicted molar refractivity (Wildman–Crippen MR) is 108 cm³/mol. The Bertz CT molecular complexity index is 989. The Kier molecular flexibility index (Phi) is 5.61. The summed E-state index contributed by atoms with van der Waals surface area (Å²) in [4.78, 5) is 27.9. The molecule has 1 saturated heterocycles. The molecule has 0 aliphatic carbocycles. The van der Waals surface area contributed by atoms with Crippen molar-refractivity contribution in [2.45, 2.75) is 23.8 Å². The highest BCUT2D eigenvalue weighted by atomic mass is 32.2. The second-order valence-corrected chi connectivity index (χ2v) is 8.32. The number of rotatable bonds is 3. The van der Waals surface area contributed by atoms with Crippen LogP contribution in [0.2, 0.25) is 0 Å². The third-order valence-corrected chi connectivity index (χ3v) is 6.34. The zero-order valence-electron chi connectivity index (χ0n) is 16.0. The van der Waals surface area contributed by atoms with Gasteiger partial charge < -0.3 is 15.5 Å². The Labute approximate surface area is 175 Å². The number of hydrogen-bond acceptors (Lipinski definition) is 4. The zero-order valence-corrected chi connectivity index (χ0v) is 16.9. The molecule has 2 aromatic rings. The van der Waals surface area contributed by atoms with Crippen LogP contribution in [0.5, 0.6) is 0 Å². The van der Waals surface area contributed by atoms with Crippen LogP contribution in [0.25, 0.3) is 0 Å². The van der Waals surface area contributed by atoms with E-state index < -0.39 is 23.4 Å². The van der Waals surface area contributed by atoms with Crippen LogP contribution in [-0.2, 0) is 0 Å². The minimum atomic E-state index is -1.59. The Balaban J connectivity index is 1.52. The molecule has 2 N–H and O–H groups in total. The van der Waals surface area contributed by atoms with Crippen LogP contribution in [0.3, 0.4) is 0 Å². The van der Waals surface area contributed by atoms with Crippen molar-refractivity contribution in [2.75, 3.05) is 30.8 Å². The van der Waals surface area contributed by atoms with Gasteiger partial charge in [0.25, 0.3) is 5.91 Å². The number of hydrogen-bond donors (Lipinski definition) is 2. The number of urea groups is 1. The normalized spacial score (nSPS) is 17.5. The minimum Gasteiger partial charge on any atom is -0.322 e. The highest BCUT2D eigenvalue weighted by Gasteiger charge is 2.32. The van der Waals surface area contributed by atoms with Crippen molar-refractivity contribution in [3.8, 4) is 0 Å². The highest BCUT2D eigenvalue weighted by molar-refractivity contribution is 7.97. The lowest BCUT2D eigenvalue weighted by Crippen LogP contribution is -2.46. The summed E-state index contributed by atoms with van der Waals surface area (Å²) in [6.45, 7) is 1.80. The smallest absolute Gasteiger partial charge is 0.322 e. The number of fused-ring (bicyclic) bond motifs is 1. The van der Waals surface area contributed by atoms with E-state index in [0.29, 0.717) is 22.7 Å². The van der Waals surface area contributed by atoms with Crippen LogP contribution in [0.4, 0.5) is 29.3 Å². The number of anilines is 2. The Morgan fingerprint density at radius 1 is 1.13 bits per heavy atom. The average Bonchev–Trinajstić information content (AvgIpc) is 2.72. The van der Waals surface area contributed by atoms with Crippen LogP contribution in [0.15, 0.2) is 35.2 Å². The molecule has 0 unspecified atom stereocenters. The number of carbonyl (C=O) groups excluding carboxylic acids is 2. The summed E-state index contributed by atoms with van der Waals surface area (Å²) in [6.07, 6.45) is 1.71. The first-order valence-corrected chi connectivity index (χ1v) is 10.2. The second-order valence-electron chi connectivity index (χ2n) is 7.30. The van der Waals surface area contributed by atoms with E-state index >= 15 is 0 Å². The topological polar surface area (TPSA) is 64.7 Å². The van der Waals surface area contributed by atoms with Gasteiger partial charge in [0.1, 0.15) is 0 Å². The van der Waals surface area contributed by atoms with Crippen molar-refractivity contribution in [2.24, 2.45) is 0 Å². The summed E-state index contributed by atoms with van der Waals surface area (Å²) < 4.78 is 41.6. The van der Waals surface area contributed by atoms with Gasteiger partial charge in [-0.2, -0.15) is 0 Å². The van der Waals surface area contributed by atoms with E-state index in [0.717, 1.165) is 25.9 Å². The lowest BCUT2D eigenvalue weighted by Gasteiger charge is -2.38. The molecule has 0 bridgehead atoms. The molecule has 0 saturated carbocycles. The number of amides is 3. The van der Waals surface area contributed by atoms with E-state index in [2.05, 4.69) is 15.5 Å². The van der Waals surface area contributed by atoms with E-state index in [9.17, 15) is 22.8 Å². The third-order valence-electron chi connectivity index (χ3n) is 5.14. The van der Waals surface area contributed by atoms with Gasteiger partial charge in [0.15, 0.2) is 17.5 Å². The second kappa shape index (κ2) is 8.19. The molecule has 30 heavy (non-hydrogen) atoms. The lowest BCUT2D eigenvalue weighted by molar-refractivity contribution is 0.102. The quantitative estimate of drug-likeness (QED) is 0.556. The fourth-order valence-corrected chi connectivity index (χ4v) is 4.56. The molecule has 0 spiro atoms. The van der Waals surface area contributed by atoms with Crippen molar-refractivity contribution in [1.82, 2.24) is 9.21 Å². The Morgan fingerprint density at radius 2 is 1.80 bits per heavy atom. The molecule has 6 nitrogen and oxygen atoms in total. The fourth-order valence-electron chi connectivity index (χ4n) is 3.46. The molecule has 0 radical (unpaired) electrons. The number of piperidine rings is 1. The van der Waals surface area contributed by atoms with E-state index in [-0.39, 0.29) is 23.3 Å². The summed E-state index contributed by atoms with van der Waals surface area (Å²) in [5.41, 5.74) is 0.637. The highest BCUT2D eigenvalue weighted by Crippen LogP contribution is 2.39. The van der Waals surface area contributed by atoms with Gasteiger partial charge >= 0.3 is 6.03 Å². The van der Waals surface area contributed by atoms with E-state index in [4.69, 9.17) is 0 Å². The van der Waals surface area contributed by atoms with Crippen molar-refractivity contribution < 1.29 is 22.8 Å². The van der Waals surface area contributed by atoms with Crippen molar-refractivity contribution in [3.05, 3.63) is 53.3 Å². The fraction of sp³-hybridized carbons (Fsp3) is 0.300. The number of halogens is 3. The van der Waals surface area contributed by atoms with Gasteiger partial charge in [-0.25, -0.2) is 18.0 Å². The minimum absolute atomic E-state index is 0.0852. The first-order valence-electron chi connectivity index (χ1n) is 9.38. The number of nitrogens with one attached hydrogen (secondary N) is 2. The molecule has 2 aliphatic heterocycles. The van der Waals surface area contributed by atoms with E-state index in [1.165, 1.54) is 18.0 Å². The van der Waals surface area contributed by atoms with Crippen molar-refractivity contribution in [1.29, 1.82) is 0 Å². The predicted octanol–water partition coefficient (Wildman–Crippen LogP) is 4.31. The largest absolute Gasteiger partial charge is 0.332 e. The van der Waals surface area contributed by atoms with Gasteiger partial charge in [0.05, 0.1) is 10.6 Å². The number of benzene rings is 2. The summed E-state index contributed by atoms with van der Waals surface area (Å²) in [5.74, 6) is -4.97. The summed E-state index contributed by atoms with van der Waals surface area (Å²) >= 11 is 1.27. The monoisotopic (exact) mass is 436 g/mol. The molecular formula is C20H19F3N4O2S. The lowest BCUT2D eigenvalue weighted by atomic mass is 10.1. The first kappa shape index (κ1) is 20.5. The third kappa shape index (κ3) is 4.10. The Morgan fingerprint density at radius 3 is 2.47 bits per heavy atom. The number of likely N-dealkylation sites (tertiary alicyclic amines) is 1. The molecule has 0 atom stereocenters. The van der Waals surface area contributed by atoms with Gasteiger partial charge in [-0.05, 0) is 63.1 Å². The summed E-state index contributed by atoms with van der Waals surface area (Å²) in [6, 6.07) is 6.02. The van der Waals surface area contributed by atoms with Crippen molar-refractivity contribution >= 4 is 35.3 Å². The standard InChI is InChI=1S/C20H19F3N4O2S/c1-26-6-4-13(5-7-26)27-20(29)25-16-3-2-11(8-17(16)30-27)19(28)24-12-9-14(21)18(23)15(22)10-12/h2-3,8-10,13H,4-7H2,1H3,(H,24,28)(H,25,29). The molecule has 158 valence electrons. The molecule has 4 rings (SSSR count). The maximum Gasteiger partial charge on any atom is 0.332 e. The molecule has 10 heteroatoms. The molecular weight excluding hydrogens is 417 g/mol. The van der Waals surface area contributed by atoms with E-state index in [1.807, 2.05) is 7.05 Å². The van der Waals surface area contributed by atoms with E-state index in [1.54, 1.807) is 16.4 Å². The first-order chi connectivity index (χ1) is 14.3. The van der Waals surface area contributed by atoms with Crippen molar-refractivity contribution in [3.63, 3.8) is 0 Å². The van der Waals surface area contributed by atoms with Crippen LogP contribution in [-0.4, -0.2) is 47.3 Å². The molecule has 0 aromatic heterocycles. The Hall–Kier alpha value is -2.72. The SMILES string of the molecule is CN1CCC(N2Sc3cc(C(=O)Nc4cc(F)c(F)c(F)c4)ccc3NC2=O)CC1. The maximum absolute atomic E-state index is 13.4.